The molecular weight excluding hydrogens is 285 g/mol. The zero-order valence-corrected chi connectivity index (χ0v) is 12.6. The second kappa shape index (κ2) is 6.07. The van der Waals surface area contributed by atoms with Crippen LogP contribution in [0.25, 0.3) is 0 Å². The SMILES string of the molecule is CC(N[C@@H](C)c1ccc(Cl)cc1)c1ccc(Cl)s1. The van der Waals surface area contributed by atoms with Crippen molar-refractivity contribution in [2.24, 2.45) is 0 Å². The molecular formula is C14H15Cl2NS. The van der Waals surface area contributed by atoms with E-state index in [1.807, 2.05) is 30.3 Å². The molecule has 0 bridgehead atoms. The minimum Gasteiger partial charge on any atom is -0.303 e. The second-order valence-corrected chi connectivity index (χ2v) is 6.49. The van der Waals surface area contributed by atoms with Gasteiger partial charge >= 0.3 is 0 Å². The van der Waals surface area contributed by atoms with Crippen LogP contribution in [-0.4, -0.2) is 0 Å². The van der Waals surface area contributed by atoms with Crippen LogP contribution in [0, 0.1) is 0 Å². The van der Waals surface area contributed by atoms with E-state index in [0.29, 0.717) is 0 Å². The van der Waals surface area contributed by atoms with E-state index in [1.54, 1.807) is 11.3 Å². The third kappa shape index (κ3) is 3.48. The maximum atomic E-state index is 5.95. The highest BCUT2D eigenvalue weighted by atomic mass is 35.5. The summed E-state index contributed by atoms with van der Waals surface area (Å²) in [6, 6.07) is 12.5. The fourth-order valence-corrected chi connectivity index (χ4v) is 3.06. The summed E-state index contributed by atoms with van der Waals surface area (Å²) in [5, 5.41) is 4.32. The molecule has 0 fully saturated rings. The minimum absolute atomic E-state index is 0.276. The fourth-order valence-electron chi connectivity index (χ4n) is 1.87. The summed E-state index contributed by atoms with van der Waals surface area (Å²) >= 11 is 13.5. The van der Waals surface area contributed by atoms with Crippen LogP contribution in [-0.2, 0) is 0 Å². The largest absolute Gasteiger partial charge is 0.303 e. The molecule has 1 heterocycles. The zero-order valence-electron chi connectivity index (χ0n) is 10.3. The van der Waals surface area contributed by atoms with E-state index in [0.717, 1.165) is 9.36 Å². The molecule has 1 aromatic heterocycles. The summed E-state index contributed by atoms with van der Waals surface area (Å²) in [5.41, 5.74) is 1.23. The van der Waals surface area contributed by atoms with Gasteiger partial charge in [0.1, 0.15) is 0 Å². The van der Waals surface area contributed by atoms with Gasteiger partial charge in [-0.2, -0.15) is 0 Å². The van der Waals surface area contributed by atoms with Gasteiger partial charge in [0.2, 0.25) is 0 Å². The molecule has 0 amide bonds. The highest BCUT2D eigenvalue weighted by Gasteiger charge is 2.12. The maximum Gasteiger partial charge on any atom is 0.0931 e. The molecule has 4 heteroatoms. The molecule has 1 nitrogen and oxygen atoms in total. The quantitative estimate of drug-likeness (QED) is 0.789. The third-order valence-corrected chi connectivity index (χ3v) is 4.56. The van der Waals surface area contributed by atoms with Crippen molar-refractivity contribution in [3.8, 4) is 0 Å². The van der Waals surface area contributed by atoms with Gasteiger partial charge in [-0.1, -0.05) is 35.3 Å². The lowest BCUT2D eigenvalue weighted by Crippen LogP contribution is -2.21. The highest BCUT2D eigenvalue weighted by molar-refractivity contribution is 7.16. The van der Waals surface area contributed by atoms with Gasteiger partial charge in [0.25, 0.3) is 0 Å². The minimum atomic E-state index is 0.276. The molecule has 1 unspecified atom stereocenters. The van der Waals surface area contributed by atoms with Gasteiger partial charge in [0, 0.05) is 22.0 Å². The molecule has 18 heavy (non-hydrogen) atoms. The molecule has 0 aliphatic heterocycles. The average molecular weight is 300 g/mol. The van der Waals surface area contributed by atoms with Crippen LogP contribution < -0.4 is 5.32 Å². The van der Waals surface area contributed by atoms with E-state index in [-0.39, 0.29) is 12.1 Å². The van der Waals surface area contributed by atoms with Crippen molar-refractivity contribution in [1.29, 1.82) is 0 Å². The summed E-state index contributed by atoms with van der Waals surface area (Å²) in [4.78, 5) is 1.25. The Morgan fingerprint density at radius 1 is 0.944 bits per heavy atom. The smallest absolute Gasteiger partial charge is 0.0931 e. The predicted molar refractivity (Wildman–Crippen MR) is 80.7 cm³/mol. The Morgan fingerprint density at radius 3 is 2.17 bits per heavy atom. The Kier molecular flexibility index (Phi) is 4.68. The van der Waals surface area contributed by atoms with Gasteiger partial charge in [-0.15, -0.1) is 11.3 Å². The Balaban J connectivity index is 2.02. The van der Waals surface area contributed by atoms with E-state index < -0.39 is 0 Å². The molecule has 2 aromatic rings. The molecule has 96 valence electrons. The van der Waals surface area contributed by atoms with Crippen molar-refractivity contribution >= 4 is 34.5 Å². The van der Waals surface area contributed by atoms with Gasteiger partial charge in [-0.25, -0.2) is 0 Å². The van der Waals surface area contributed by atoms with E-state index >= 15 is 0 Å². The monoisotopic (exact) mass is 299 g/mol. The van der Waals surface area contributed by atoms with E-state index in [2.05, 4.69) is 25.2 Å². The summed E-state index contributed by atoms with van der Waals surface area (Å²) in [5.74, 6) is 0. The molecule has 0 aliphatic carbocycles. The van der Waals surface area contributed by atoms with E-state index in [4.69, 9.17) is 23.2 Å². The number of benzene rings is 1. The molecule has 0 saturated heterocycles. The summed E-state index contributed by atoms with van der Waals surface area (Å²) < 4.78 is 0.831. The van der Waals surface area contributed by atoms with Gasteiger partial charge in [0.05, 0.1) is 4.34 Å². The predicted octanol–water partition coefficient (Wildman–Crippen LogP) is 5.47. The summed E-state index contributed by atoms with van der Waals surface area (Å²) in [6.45, 7) is 4.30. The van der Waals surface area contributed by atoms with Gasteiger partial charge < -0.3 is 5.32 Å². The number of thiophene rings is 1. The van der Waals surface area contributed by atoms with Crippen LogP contribution in [0.15, 0.2) is 36.4 Å². The Morgan fingerprint density at radius 2 is 1.61 bits per heavy atom. The van der Waals surface area contributed by atoms with Gasteiger partial charge in [0.15, 0.2) is 0 Å². The lowest BCUT2D eigenvalue weighted by molar-refractivity contribution is 0.500. The van der Waals surface area contributed by atoms with Crippen molar-refractivity contribution in [3.63, 3.8) is 0 Å². The standard InChI is InChI=1S/C14H15Cl2NS/c1-9(11-3-5-12(15)6-4-11)17-10(2)13-7-8-14(16)18-13/h3-10,17H,1-2H3/t9-,10?/m0/s1. The summed E-state index contributed by atoms with van der Waals surface area (Å²) in [7, 11) is 0. The van der Waals surface area contributed by atoms with Crippen LogP contribution in [0.3, 0.4) is 0 Å². The van der Waals surface area contributed by atoms with Crippen LogP contribution in [0.4, 0.5) is 0 Å². The first-order chi connectivity index (χ1) is 8.56. The van der Waals surface area contributed by atoms with E-state index in [1.165, 1.54) is 10.4 Å². The Bertz CT molecular complexity index is 507. The Hall–Kier alpha value is -0.540. The second-order valence-electron chi connectivity index (χ2n) is 4.30. The number of rotatable bonds is 4. The first kappa shape index (κ1) is 13.9. The maximum absolute atomic E-state index is 5.95. The number of halogens is 2. The van der Waals surface area contributed by atoms with Crippen LogP contribution >= 0.6 is 34.5 Å². The molecule has 1 N–H and O–H groups in total. The molecule has 0 saturated carbocycles. The molecule has 2 rings (SSSR count). The van der Waals surface area contributed by atoms with Gasteiger partial charge in [-0.3, -0.25) is 0 Å². The van der Waals surface area contributed by atoms with Crippen molar-refractivity contribution in [1.82, 2.24) is 5.32 Å². The lowest BCUT2D eigenvalue weighted by Gasteiger charge is -2.19. The zero-order chi connectivity index (χ0) is 13.1. The first-order valence-electron chi connectivity index (χ1n) is 5.83. The molecule has 0 radical (unpaired) electrons. The normalized spacial score (nSPS) is 14.4. The van der Waals surface area contributed by atoms with Crippen molar-refractivity contribution < 1.29 is 0 Å². The van der Waals surface area contributed by atoms with Crippen LogP contribution in [0.5, 0.6) is 0 Å². The van der Waals surface area contributed by atoms with Gasteiger partial charge in [-0.05, 0) is 43.7 Å². The van der Waals surface area contributed by atoms with Crippen molar-refractivity contribution in [2.45, 2.75) is 25.9 Å². The van der Waals surface area contributed by atoms with Crippen LogP contribution in [0.1, 0.15) is 36.4 Å². The van der Waals surface area contributed by atoms with Crippen molar-refractivity contribution in [3.05, 3.63) is 56.2 Å². The average Bonchev–Trinajstić information content (AvgIpc) is 2.76. The molecule has 0 spiro atoms. The molecule has 2 atom stereocenters. The van der Waals surface area contributed by atoms with Crippen LogP contribution in [0.2, 0.25) is 9.36 Å². The third-order valence-electron chi connectivity index (χ3n) is 2.89. The molecule has 1 aromatic carbocycles. The number of nitrogens with one attached hydrogen (secondary N) is 1. The first-order valence-corrected chi connectivity index (χ1v) is 7.40. The lowest BCUT2D eigenvalue weighted by atomic mass is 10.1. The highest BCUT2D eigenvalue weighted by Crippen LogP contribution is 2.28. The Labute approximate surface area is 122 Å². The topological polar surface area (TPSA) is 12.0 Å². The molecule has 0 aliphatic rings. The number of hydrogen-bond donors (Lipinski definition) is 1. The van der Waals surface area contributed by atoms with E-state index in [9.17, 15) is 0 Å². The fraction of sp³-hybridized carbons (Fsp3) is 0.286. The van der Waals surface area contributed by atoms with Crippen molar-refractivity contribution in [2.75, 3.05) is 0 Å². The number of hydrogen-bond acceptors (Lipinski definition) is 2. The summed E-state index contributed by atoms with van der Waals surface area (Å²) in [6.07, 6.45) is 0.